The quantitative estimate of drug-likeness (QED) is 0.902. The summed E-state index contributed by atoms with van der Waals surface area (Å²) < 4.78 is 1.13. The van der Waals surface area contributed by atoms with Gasteiger partial charge in [-0.25, -0.2) is 0 Å². The summed E-state index contributed by atoms with van der Waals surface area (Å²) in [5.74, 6) is -0.0553. The summed E-state index contributed by atoms with van der Waals surface area (Å²) >= 11 is 1.52. The number of aliphatic hydroxyl groups excluding tert-OH is 1. The number of aliphatic hydroxyl groups is 1. The highest BCUT2D eigenvalue weighted by molar-refractivity contribution is 7.21. The Morgan fingerprint density at radius 3 is 2.68 bits per heavy atom. The number of hydrogen-bond acceptors (Lipinski definition) is 3. The van der Waals surface area contributed by atoms with Crippen molar-refractivity contribution >= 4 is 27.3 Å². The smallest absolute Gasteiger partial charge is 0.261 e. The fourth-order valence-electron chi connectivity index (χ4n) is 1.85. The molecule has 0 aliphatic heterocycles. The second-order valence-corrected chi connectivity index (χ2v) is 6.61. The molecule has 0 fully saturated rings. The van der Waals surface area contributed by atoms with Crippen LogP contribution >= 0.6 is 11.3 Å². The molecule has 0 saturated heterocycles. The molecule has 0 unspecified atom stereocenters. The number of amides is 1. The second kappa shape index (κ2) is 5.31. The monoisotopic (exact) mass is 277 g/mol. The van der Waals surface area contributed by atoms with Gasteiger partial charge >= 0.3 is 0 Å². The lowest BCUT2D eigenvalue weighted by Crippen LogP contribution is -2.35. The van der Waals surface area contributed by atoms with E-state index in [9.17, 15) is 9.90 Å². The van der Waals surface area contributed by atoms with Crippen molar-refractivity contribution in [3.8, 4) is 0 Å². The van der Waals surface area contributed by atoms with Crippen molar-refractivity contribution in [3.63, 3.8) is 0 Å². The summed E-state index contributed by atoms with van der Waals surface area (Å²) in [5.41, 5.74) is 0.736. The molecule has 0 spiro atoms. The number of rotatable bonds is 4. The first-order valence-electron chi connectivity index (χ1n) is 6.32. The molecule has 19 heavy (non-hydrogen) atoms. The van der Waals surface area contributed by atoms with E-state index in [0.717, 1.165) is 20.5 Å². The van der Waals surface area contributed by atoms with Crippen LogP contribution in [-0.2, 0) is 0 Å². The fraction of sp³-hybridized carbons (Fsp3) is 0.400. The van der Waals surface area contributed by atoms with Gasteiger partial charge in [0.15, 0.2) is 0 Å². The van der Waals surface area contributed by atoms with Crippen LogP contribution in [0, 0.1) is 12.3 Å². The Balaban J connectivity index is 2.20. The lowest BCUT2D eigenvalue weighted by molar-refractivity contribution is 0.0914. The first-order chi connectivity index (χ1) is 8.94. The van der Waals surface area contributed by atoms with Crippen molar-refractivity contribution in [2.24, 2.45) is 5.41 Å². The summed E-state index contributed by atoms with van der Waals surface area (Å²) in [6.45, 7) is 6.34. The second-order valence-electron chi connectivity index (χ2n) is 5.56. The predicted molar refractivity (Wildman–Crippen MR) is 79.8 cm³/mol. The first-order valence-corrected chi connectivity index (χ1v) is 7.13. The predicted octanol–water partition coefficient (Wildman–Crippen LogP) is 2.96. The zero-order valence-electron chi connectivity index (χ0n) is 11.5. The van der Waals surface area contributed by atoms with E-state index in [1.54, 1.807) is 0 Å². The average Bonchev–Trinajstić information content (AvgIpc) is 2.74. The first kappa shape index (κ1) is 14.0. The van der Waals surface area contributed by atoms with Crippen LogP contribution in [0.3, 0.4) is 0 Å². The summed E-state index contributed by atoms with van der Waals surface area (Å²) in [6, 6.07) is 8.03. The van der Waals surface area contributed by atoms with E-state index in [1.807, 2.05) is 45.0 Å². The molecule has 0 atom stereocenters. The number of aryl methyl sites for hydroxylation is 1. The third-order valence-electron chi connectivity index (χ3n) is 3.21. The van der Waals surface area contributed by atoms with Crippen molar-refractivity contribution in [2.75, 3.05) is 13.2 Å². The maximum atomic E-state index is 12.2. The Hall–Kier alpha value is -1.39. The molecular weight excluding hydrogens is 258 g/mol. The number of benzene rings is 1. The lowest BCUT2D eigenvalue weighted by Gasteiger charge is -2.21. The SMILES string of the molecule is Cc1c(C(=O)NCC(C)(C)CO)sc2ccccc12. The van der Waals surface area contributed by atoms with Gasteiger partial charge in [0.1, 0.15) is 0 Å². The van der Waals surface area contributed by atoms with Gasteiger partial charge in [-0.2, -0.15) is 0 Å². The van der Waals surface area contributed by atoms with Gasteiger partial charge in [-0.1, -0.05) is 32.0 Å². The van der Waals surface area contributed by atoms with Crippen LogP contribution in [0.2, 0.25) is 0 Å². The van der Waals surface area contributed by atoms with Crippen LogP contribution in [0.4, 0.5) is 0 Å². The lowest BCUT2D eigenvalue weighted by atomic mass is 9.95. The largest absolute Gasteiger partial charge is 0.396 e. The van der Waals surface area contributed by atoms with Crippen LogP contribution in [0.1, 0.15) is 29.1 Å². The Labute approximate surface area is 117 Å². The van der Waals surface area contributed by atoms with Gasteiger partial charge in [0.25, 0.3) is 5.91 Å². The van der Waals surface area contributed by atoms with Crippen LogP contribution in [-0.4, -0.2) is 24.2 Å². The van der Waals surface area contributed by atoms with E-state index in [1.165, 1.54) is 11.3 Å². The van der Waals surface area contributed by atoms with Crippen LogP contribution in [0.25, 0.3) is 10.1 Å². The number of fused-ring (bicyclic) bond motifs is 1. The Bertz CT molecular complexity index is 601. The normalized spacial score (nSPS) is 11.8. The molecule has 102 valence electrons. The highest BCUT2D eigenvalue weighted by Gasteiger charge is 2.20. The zero-order chi connectivity index (χ0) is 14.0. The molecule has 3 nitrogen and oxygen atoms in total. The van der Waals surface area contributed by atoms with Crippen molar-refractivity contribution in [1.29, 1.82) is 0 Å². The van der Waals surface area contributed by atoms with Crippen molar-refractivity contribution in [2.45, 2.75) is 20.8 Å². The highest BCUT2D eigenvalue weighted by Crippen LogP contribution is 2.30. The molecule has 0 aliphatic carbocycles. The van der Waals surface area contributed by atoms with E-state index >= 15 is 0 Å². The van der Waals surface area contributed by atoms with Gasteiger partial charge in [-0.15, -0.1) is 11.3 Å². The van der Waals surface area contributed by atoms with E-state index in [0.29, 0.717) is 6.54 Å². The molecular formula is C15H19NO2S. The molecule has 4 heteroatoms. The number of carbonyl (C=O) groups is 1. The van der Waals surface area contributed by atoms with Crippen molar-refractivity contribution in [1.82, 2.24) is 5.32 Å². The minimum atomic E-state index is -0.291. The molecule has 1 amide bonds. The van der Waals surface area contributed by atoms with E-state index < -0.39 is 0 Å². The third kappa shape index (κ3) is 2.96. The highest BCUT2D eigenvalue weighted by atomic mass is 32.1. The molecule has 0 saturated carbocycles. The standard InChI is InChI=1S/C15H19NO2S/c1-10-11-6-4-5-7-12(11)19-13(10)14(18)16-8-15(2,3)9-17/h4-7,17H,8-9H2,1-3H3,(H,16,18). The molecule has 2 aromatic rings. The van der Waals surface area contributed by atoms with Crippen molar-refractivity contribution < 1.29 is 9.90 Å². The van der Waals surface area contributed by atoms with Gasteiger partial charge in [0, 0.05) is 23.3 Å². The van der Waals surface area contributed by atoms with Crippen LogP contribution in [0.15, 0.2) is 24.3 Å². The topological polar surface area (TPSA) is 49.3 Å². The van der Waals surface area contributed by atoms with Gasteiger partial charge in [0.2, 0.25) is 0 Å². The molecule has 2 N–H and O–H groups in total. The number of nitrogens with one attached hydrogen (secondary N) is 1. The Kier molecular flexibility index (Phi) is 3.92. The van der Waals surface area contributed by atoms with E-state index in [4.69, 9.17) is 0 Å². The van der Waals surface area contributed by atoms with Crippen LogP contribution in [0.5, 0.6) is 0 Å². The molecule has 1 aromatic carbocycles. The molecule has 0 radical (unpaired) electrons. The fourth-order valence-corrected chi connectivity index (χ4v) is 2.97. The van der Waals surface area contributed by atoms with Gasteiger partial charge in [-0.05, 0) is 23.9 Å². The van der Waals surface area contributed by atoms with E-state index in [-0.39, 0.29) is 17.9 Å². The summed E-state index contributed by atoms with van der Waals surface area (Å²) in [5, 5.41) is 13.2. The molecule has 1 aromatic heterocycles. The number of hydrogen-bond donors (Lipinski definition) is 2. The molecule has 0 aliphatic rings. The maximum absolute atomic E-state index is 12.2. The number of thiophene rings is 1. The Morgan fingerprint density at radius 2 is 2.05 bits per heavy atom. The minimum absolute atomic E-state index is 0.0542. The van der Waals surface area contributed by atoms with Gasteiger partial charge in [-0.3, -0.25) is 4.79 Å². The van der Waals surface area contributed by atoms with Crippen molar-refractivity contribution in [3.05, 3.63) is 34.7 Å². The average molecular weight is 277 g/mol. The van der Waals surface area contributed by atoms with E-state index in [2.05, 4.69) is 5.32 Å². The molecule has 1 heterocycles. The summed E-state index contributed by atoms with van der Waals surface area (Å²) in [6.07, 6.45) is 0. The zero-order valence-corrected chi connectivity index (χ0v) is 12.3. The molecule has 2 rings (SSSR count). The summed E-state index contributed by atoms with van der Waals surface area (Å²) in [7, 11) is 0. The molecule has 0 bridgehead atoms. The van der Waals surface area contributed by atoms with Gasteiger partial charge in [0.05, 0.1) is 4.88 Å². The maximum Gasteiger partial charge on any atom is 0.261 e. The minimum Gasteiger partial charge on any atom is -0.396 e. The van der Waals surface area contributed by atoms with Gasteiger partial charge < -0.3 is 10.4 Å². The third-order valence-corrected chi connectivity index (χ3v) is 4.48. The van der Waals surface area contributed by atoms with Crippen LogP contribution < -0.4 is 5.32 Å². The summed E-state index contributed by atoms with van der Waals surface area (Å²) in [4.78, 5) is 13.0. The number of carbonyl (C=O) groups excluding carboxylic acids is 1. The Morgan fingerprint density at radius 1 is 1.37 bits per heavy atom.